The van der Waals surface area contributed by atoms with E-state index < -0.39 is 0 Å². The van der Waals surface area contributed by atoms with Gasteiger partial charge in [-0.3, -0.25) is 14.6 Å². The second kappa shape index (κ2) is 9.51. The monoisotopic (exact) mass is 429 g/mol. The van der Waals surface area contributed by atoms with Gasteiger partial charge in [-0.25, -0.2) is 0 Å². The summed E-state index contributed by atoms with van der Waals surface area (Å²) in [4.78, 5) is 30.9. The molecule has 1 aliphatic rings. The molecule has 3 aromatic rings. The Labute approximate surface area is 189 Å². The number of hydrogen-bond acceptors (Lipinski definition) is 3. The Balaban J connectivity index is 1.83. The van der Waals surface area contributed by atoms with Gasteiger partial charge in [0, 0.05) is 41.9 Å². The highest BCUT2D eigenvalue weighted by atomic mass is 16.2. The van der Waals surface area contributed by atoms with Gasteiger partial charge in [0.15, 0.2) is 5.43 Å². The second-order valence-corrected chi connectivity index (χ2v) is 8.93. The Morgan fingerprint density at radius 2 is 1.88 bits per heavy atom. The van der Waals surface area contributed by atoms with Crippen LogP contribution in [0.1, 0.15) is 59.3 Å². The number of carbonyl (C=O) groups is 1. The number of amides is 1. The molecular formula is C27H31N3O2. The summed E-state index contributed by atoms with van der Waals surface area (Å²) in [6, 6.07) is 11.2. The predicted octanol–water partition coefficient (Wildman–Crippen LogP) is 5.67. The highest BCUT2D eigenvalue weighted by molar-refractivity contribution is 6.08. The van der Waals surface area contributed by atoms with Gasteiger partial charge in [0.25, 0.3) is 5.91 Å². The summed E-state index contributed by atoms with van der Waals surface area (Å²) in [5.74, 6) is 0.176. The van der Waals surface area contributed by atoms with Crippen molar-refractivity contribution in [2.45, 2.75) is 59.4 Å². The number of aryl methyl sites for hydroxylation is 2. The summed E-state index contributed by atoms with van der Waals surface area (Å²) < 4.78 is 2.16. The van der Waals surface area contributed by atoms with Gasteiger partial charge in [0.1, 0.15) is 5.56 Å². The molecule has 0 bridgehead atoms. The molecule has 1 N–H and O–H groups in total. The van der Waals surface area contributed by atoms with Crippen molar-refractivity contribution in [2.75, 3.05) is 5.32 Å². The van der Waals surface area contributed by atoms with Crippen molar-refractivity contribution in [3.8, 4) is 11.3 Å². The van der Waals surface area contributed by atoms with Crippen LogP contribution >= 0.6 is 0 Å². The van der Waals surface area contributed by atoms with Crippen molar-refractivity contribution in [3.05, 3.63) is 81.4 Å². The van der Waals surface area contributed by atoms with E-state index in [2.05, 4.69) is 14.9 Å². The van der Waals surface area contributed by atoms with Gasteiger partial charge in [-0.2, -0.15) is 0 Å². The Morgan fingerprint density at radius 1 is 1.09 bits per heavy atom. The van der Waals surface area contributed by atoms with E-state index in [1.807, 2.05) is 51.1 Å². The van der Waals surface area contributed by atoms with Crippen molar-refractivity contribution < 1.29 is 4.79 Å². The molecule has 0 aliphatic heterocycles. The first-order valence-electron chi connectivity index (χ1n) is 11.5. The maximum Gasteiger partial charge on any atom is 0.261 e. The molecule has 2 aromatic heterocycles. The molecule has 0 spiro atoms. The first-order chi connectivity index (χ1) is 15.5. The summed E-state index contributed by atoms with van der Waals surface area (Å²) in [7, 11) is 0. The number of nitrogens with one attached hydrogen (secondary N) is 1. The van der Waals surface area contributed by atoms with E-state index in [0.717, 1.165) is 34.6 Å². The lowest BCUT2D eigenvalue weighted by molar-refractivity contribution is 0.102. The maximum absolute atomic E-state index is 13.5. The molecule has 4 rings (SSSR count). The van der Waals surface area contributed by atoms with Gasteiger partial charge in [0.05, 0.1) is 5.69 Å². The lowest BCUT2D eigenvalue weighted by atomic mass is 9.88. The molecule has 0 saturated heterocycles. The molecule has 1 aliphatic carbocycles. The Hall–Kier alpha value is -3.21. The van der Waals surface area contributed by atoms with E-state index in [9.17, 15) is 9.59 Å². The number of nitrogens with zero attached hydrogens (tertiary/aromatic N) is 2. The Bertz CT molecular complexity index is 1180. The van der Waals surface area contributed by atoms with Crippen LogP contribution in [0.3, 0.4) is 0 Å². The minimum Gasteiger partial charge on any atom is -0.344 e. The third kappa shape index (κ3) is 4.52. The molecule has 5 heteroatoms. The van der Waals surface area contributed by atoms with Crippen molar-refractivity contribution in [3.63, 3.8) is 0 Å². The summed E-state index contributed by atoms with van der Waals surface area (Å²) in [6.45, 7) is 6.75. The average Bonchev–Trinajstić information content (AvgIpc) is 2.79. The minimum atomic E-state index is -0.375. The number of pyridine rings is 2. The molecule has 1 amide bonds. The number of rotatable bonds is 5. The molecular weight excluding hydrogens is 398 g/mol. The van der Waals surface area contributed by atoms with Crippen molar-refractivity contribution in [1.82, 2.24) is 9.55 Å². The number of benzene rings is 1. The third-order valence-corrected chi connectivity index (χ3v) is 6.70. The van der Waals surface area contributed by atoms with Gasteiger partial charge in [-0.05, 0) is 68.9 Å². The Morgan fingerprint density at radius 3 is 2.59 bits per heavy atom. The number of hydrogen-bond donors (Lipinski definition) is 1. The van der Waals surface area contributed by atoms with E-state index in [0.29, 0.717) is 11.6 Å². The molecule has 5 nitrogen and oxygen atoms in total. The fraction of sp³-hybridized carbons (Fsp3) is 0.370. The van der Waals surface area contributed by atoms with Crippen LogP contribution in [0.15, 0.2) is 53.6 Å². The molecule has 1 fully saturated rings. The van der Waals surface area contributed by atoms with Crippen LogP contribution in [-0.2, 0) is 6.54 Å². The summed E-state index contributed by atoms with van der Waals surface area (Å²) >= 11 is 0. The fourth-order valence-corrected chi connectivity index (χ4v) is 4.72. The van der Waals surface area contributed by atoms with Crippen molar-refractivity contribution in [1.29, 1.82) is 0 Å². The zero-order valence-corrected chi connectivity index (χ0v) is 19.1. The predicted molar refractivity (Wildman–Crippen MR) is 129 cm³/mol. The van der Waals surface area contributed by atoms with Gasteiger partial charge in [0.2, 0.25) is 0 Å². The number of anilines is 1. The van der Waals surface area contributed by atoms with Crippen LogP contribution in [0, 0.1) is 26.7 Å². The highest BCUT2D eigenvalue weighted by Crippen LogP contribution is 2.30. The smallest absolute Gasteiger partial charge is 0.261 e. The topological polar surface area (TPSA) is 64.0 Å². The molecule has 2 heterocycles. The van der Waals surface area contributed by atoms with Crippen LogP contribution < -0.4 is 10.7 Å². The fourth-order valence-electron chi connectivity index (χ4n) is 4.72. The summed E-state index contributed by atoms with van der Waals surface area (Å²) in [5.41, 5.74) is 5.07. The lowest BCUT2D eigenvalue weighted by Crippen LogP contribution is -2.28. The largest absolute Gasteiger partial charge is 0.344 e. The summed E-state index contributed by atoms with van der Waals surface area (Å²) in [6.07, 6.45) is 9.58. The molecule has 0 unspecified atom stereocenters. The van der Waals surface area contributed by atoms with Gasteiger partial charge in [-0.15, -0.1) is 0 Å². The van der Waals surface area contributed by atoms with E-state index >= 15 is 0 Å². The molecule has 1 saturated carbocycles. The first-order valence-corrected chi connectivity index (χ1v) is 11.5. The average molecular weight is 430 g/mol. The second-order valence-electron chi connectivity index (χ2n) is 8.93. The minimum absolute atomic E-state index is 0.181. The SMILES string of the molecule is Cc1cccc(NC(=O)c2c(-c3cccnc3)n(CC3CCCCC3)c(C)cc2=O)c1C. The van der Waals surface area contributed by atoms with E-state index in [4.69, 9.17) is 0 Å². The molecule has 0 radical (unpaired) electrons. The molecule has 1 aromatic carbocycles. The number of carbonyl (C=O) groups excluding carboxylic acids is 1. The van der Waals surface area contributed by atoms with Gasteiger partial charge < -0.3 is 9.88 Å². The zero-order valence-electron chi connectivity index (χ0n) is 19.1. The standard InChI is InChI=1S/C27H31N3O2/c1-18-9-7-13-23(20(18)3)29-27(32)25-24(31)15-19(2)30(17-21-10-5-4-6-11-21)26(25)22-12-8-14-28-16-22/h7-9,12-16,21H,4-6,10-11,17H2,1-3H3,(H,29,32). The van der Waals surface area contributed by atoms with Gasteiger partial charge >= 0.3 is 0 Å². The van der Waals surface area contributed by atoms with E-state index in [-0.39, 0.29) is 16.9 Å². The highest BCUT2D eigenvalue weighted by Gasteiger charge is 2.24. The maximum atomic E-state index is 13.5. The zero-order chi connectivity index (χ0) is 22.7. The van der Waals surface area contributed by atoms with E-state index in [1.54, 1.807) is 18.5 Å². The van der Waals surface area contributed by atoms with Crippen LogP contribution in [0.5, 0.6) is 0 Å². The number of aromatic nitrogens is 2. The van der Waals surface area contributed by atoms with Crippen LogP contribution in [-0.4, -0.2) is 15.5 Å². The normalized spacial score (nSPS) is 14.3. The van der Waals surface area contributed by atoms with Crippen LogP contribution in [0.25, 0.3) is 11.3 Å². The summed E-state index contributed by atoms with van der Waals surface area (Å²) in [5, 5.41) is 3.00. The van der Waals surface area contributed by atoms with Crippen molar-refractivity contribution in [2.24, 2.45) is 5.92 Å². The quantitative estimate of drug-likeness (QED) is 0.568. The lowest BCUT2D eigenvalue weighted by Gasteiger charge is -2.27. The molecule has 0 atom stereocenters. The van der Waals surface area contributed by atoms with Crippen LogP contribution in [0.4, 0.5) is 5.69 Å². The first kappa shape index (κ1) is 22.0. The molecule has 32 heavy (non-hydrogen) atoms. The Kier molecular flexibility index (Phi) is 6.54. The van der Waals surface area contributed by atoms with Crippen LogP contribution in [0.2, 0.25) is 0 Å². The van der Waals surface area contributed by atoms with Gasteiger partial charge in [-0.1, -0.05) is 31.4 Å². The third-order valence-electron chi connectivity index (χ3n) is 6.70. The molecule has 166 valence electrons. The van der Waals surface area contributed by atoms with E-state index in [1.165, 1.54) is 32.1 Å². The van der Waals surface area contributed by atoms with Crippen molar-refractivity contribution >= 4 is 11.6 Å².